The van der Waals surface area contributed by atoms with Crippen LogP contribution in [-0.2, 0) is 21.9 Å². The Bertz CT molecular complexity index is 828. The molecule has 0 aliphatic rings. The van der Waals surface area contributed by atoms with Gasteiger partial charge in [-0.25, -0.2) is 4.39 Å². The van der Waals surface area contributed by atoms with E-state index in [9.17, 15) is 14.0 Å². The van der Waals surface area contributed by atoms with Crippen LogP contribution in [0, 0.1) is 5.82 Å². The van der Waals surface area contributed by atoms with Crippen molar-refractivity contribution < 1.29 is 18.7 Å². The van der Waals surface area contributed by atoms with E-state index in [2.05, 4.69) is 5.32 Å². The van der Waals surface area contributed by atoms with E-state index in [4.69, 9.17) is 16.3 Å². The molecule has 2 aromatic rings. The lowest BCUT2D eigenvalue weighted by molar-refractivity contribution is -0.138. The number of halogens is 2. The summed E-state index contributed by atoms with van der Waals surface area (Å²) in [6, 6.07) is 11.2. The summed E-state index contributed by atoms with van der Waals surface area (Å²) in [4.78, 5) is 26.5. The smallest absolute Gasteiger partial charge is 0.242 e. The van der Waals surface area contributed by atoms with E-state index in [0.717, 1.165) is 5.56 Å². The number of methoxy groups -OCH3 is 1. The third-order valence-electron chi connectivity index (χ3n) is 4.46. The third-order valence-corrected chi connectivity index (χ3v) is 5.76. The van der Waals surface area contributed by atoms with Crippen molar-refractivity contribution in [2.45, 2.75) is 25.3 Å². The van der Waals surface area contributed by atoms with E-state index in [-0.39, 0.29) is 29.9 Å². The van der Waals surface area contributed by atoms with Crippen LogP contribution >= 0.6 is 23.4 Å². The molecule has 0 aliphatic heterocycles. The first kappa shape index (κ1) is 23.0. The molecule has 0 saturated heterocycles. The van der Waals surface area contributed by atoms with Gasteiger partial charge < -0.3 is 15.0 Å². The van der Waals surface area contributed by atoms with Gasteiger partial charge in [-0.05, 0) is 36.8 Å². The molecule has 1 atom stereocenters. The number of nitrogens with zero attached hydrogens (tertiary/aromatic N) is 1. The molecular weight excluding hydrogens is 415 g/mol. The number of nitrogens with one attached hydrogen (secondary N) is 1. The summed E-state index contributed by atoms with van der Waals surface area (Å²) in [6.45, 7) is 1.96. The van der Waals surface area contributed by atoms with E-state index in [1.165, 1.54) is 29.8 Å². The van der Waals surface area contributed by atoms with Crippen molar-refractivity contribution in [1.29, 1.82) is 0 Å². The number of likely N-dealkylation sites (N-methyl/N-ethyl adjacent to an activating group) is 1. The van der Waals surface area contributed by atoms with Crippen LogP contribution < -0.4 is 10.1 Å². The molecule has 0 spiro atoms. The summed E-state index contributed by atoms with van der Waals surface area (Å²) < 4.78 is 19.1. The number of carbonyl (C=O) groups excluding carboxylic acids is 2. The van der Waals surface area contributed by atoms with E-state index >= 15 is 0 Å². The molecule has 0 fully saturated rings. The second-order valence-corrected chi connectivity index (χ2v) is 7.75. The van der Waals surface area contributed by atoms with E-state index in [1.807, 2.05) is 12.1 Å². The zero-order chi connectivity index (χ0) is 21.4. The van der Waals surface area contributed by atoms with Gasteiger partial charge in [-0.1, -0.05) is 29.8 Å². The van der Waals surface area contributed by atoms with Crippen LogP contribution in [0.3, 0.4) is 0 Å². The normalized spacial score (nSPS) is 11.6. The fraction of sp³-hybridized carbons (Fsp3) is 0.333. The molecule has 29 heavy (non-hydrogen) atoms. The Balaban J connectivity index is 2.08. The first-order valence-corrected chi connectivity index (χ1v) is 10.5. The quantitative estimate of drug-likeness (QED) is 0.645. The first-order chi connectivity index (χ1) is 13.9. The van der Waals surface area contributed by atoms with Gasteiger partial charge in [-0.3, -0.25) is 9.59 Å². The molecule has 0 aliphatic carbocycles. The van der Waals surface area contributed by atoms with Crippen LogP contribution in [-0.4, -0.2) is 42.7 Å². The predicted octanol–water partition coefficient (Wildman–Crippen LogP) is 3.88. The summed E-state index contributed by atoms with van der Waals surface area (Å²) >= 11 is 7.30. The van der Waals surface area contributed by atoms with Crippen LogP contribution in [0.5, 0.6) is 5.75 Å². The SMILES string of the molecule is CNC(=O)C(C)N(Cc1ccc(OC)cc1)C(=O)CSCc1c(F)cccc1Cl. The Morgan fingerprint density at radius 2 is 1.93 bits per heavy atom. The summed E-state index contributed by atoms with van der Waals surface area (Å²) in [7, 11) is 3.11. The van der Waals surface area contributed by atoms with Gasteiger partial charge in [0.15, 0.2) is 0 Å². The van der Waals surface area contributed by atoms with Crippen LogP contribution in [0.4, 0.5) is 4.39 Å². The molecule has 156 valence electrons. The van der Waals surface area contributed by atoms with Crippen LogP contribution in [0.2, 0.25) is 5.02 Å². The minimum Gasteiger partial charge on any atom is -0.497 e. The monoisotopic (exact) mass is 438 g/mol. The second kappa shape index (κ2) is 11.1. The lowest BCUT2D eigenvalue weighted by Crippen LogP contribution is -2.47. The summed E-state index contributed by atoms with van der Waals surface area (Å²) in [5.74, 6) is 0.211. The van der Waals surface area contributed by atoms with E-state index in [0.29, 0.717) is 16.3 Å². The Hall–Kier alpha value is -2.25. The standard InChI is InChI=1S/C21H24ClFN2O3S/c1-14(21(27)24-2)25(11-15-7-9-16(28-3)10-8-15)20(26)13-29-12-17-18(22)5-4-6-19(17)23/h4-10,14H,11-13H2,1-3H3,(H,24,27). The Morgan fingerprint density at radius 3 is 2.52 bits per heavy atom. The topological polar surface area (TPSA) is 58.6 Å². The minimum absolute atomic E-state index is 0.0994. The van der Waals surface area contributed by atoms with Crippen LogP contribution in [0.15, 0.2) is 42.5 Å². The van der Waals surface area contributed by atoms with Gasteiger partial charge in [-0.2, -0.15) is 0 Å². The van der Waals surface area contributed by atoms with Crippen molar-refractivity contribution in [2.24, 2.45) is 0 Å². The lowest BCUT2D eigenvalue weighted by atomic mass is 10.1. The zero-order valence-electron chi connectivity index (χ0n) is 16.6. The minimum atomic E-state index is -0.646. The number of hydrogen-bond acceptors (Lipinski definition) is 4. The van der Waals surface area contributed by atoms with Gasteiger partial charge in [-0.15, -0.1) is 11.8 Å². The number of rotatable bonds is 9. The van der Waals surface area contributed by atoms with Crippen molar-refractivity contribution in [3.8, 4) is 5.75 Å². The first-order valence-electron chi connectivity index (χ1n) is 9.02. The average Bonchev–Trinajstić information content (AvgIpc) is 2.73. The Kier molecular flexibility index (Phi) is 8.79. The summed E-state index contributed by atoms with van der Waals surface area (Å²) in [6.07, 6.45) is 0. The highest BCUT2D eigenvalue weighted by Gasteiger charge is 2.25. The van der Waals surface area contributed by atoms with Crippen LogP contribution in [0.25, 0.3) is 0 Å². The third kappa shape index (κ3) is 6.37. The molecule has 0 aromatic heterocycles. The molecule has 2 amide bonds. The summed E-state index contributed by atoms with van der Waals surface area (Å²) in [5.41, 5.74) is 1.24. The molecule has 5 nitrogen and oxygen atoms in total. The molecule has 0 saturated carbocycles. The fourth-order valence-electron chi connectivity index (χ4n) is 2.71. The highest BCUT2D eigenvalue weighted by molar-refractivity contribution is 7.99. The van der Waals surface area contributed by atoms with Gasteiger partial charge in [0, 0.05) is 29.9 Å². The molecule has 2 aromatic carbocycles. The predicted molar refractivity (Wildman–Crippen MR) is 115 cm³/mol. The largest absolute Gasteiger partial charge is 0.497 e. The molecule has 0 bridgehead atoms. The maximum absolute atomic E-state index is 13.9. The van der Waals surface area contributed by atoms with Crippen molar-refractivity contribution in [3.63, 3.8) is 0 Å². The number of hydrogen-bond donors (Lipinski definition) is 1. The number of ether oxygens (including phenoxy) is 1. The van der Waals surface area contributed by atoms with Crippen molar-refractivity contribution in [3.05, 3.63) is 64.4 Å². The summed E-state index contributed by atoms with van der Waals surface area (Å²) in [5, 5.41) is 2.91. The molecular formula is C21H24ClFN2O3S. The molecule has 0 radical (unpaired) electrons. The fourth-order valence-corrected chi connectivity index (χ4v) is 3.96. The Morgan fingerprint density at radius 1 is 1.24 bits per heavy atom. The van der Waals surface area contributed by atoms with Gasteiger partial charge >= 0.3 is 0 Å². The molecule has 1 unspecified atom stereocenters. The lowest BCUT2D eigenvalue weighted by Gasteiger charge is -2.28. The second-order valence-electron chi connectivity index (χ2n) is 6.35. The Labute approximate surface area is 179 Å². The van der Waals surface area contributed by atoms with E-state index in [1.54, 1.807) is 38.3 Å². The molecule has 8 heteroatoms. The van der Waals surface area contributed by atoms with Gasteiger partial charge in [0.2, 0.25) is 11.8 Å². The van der Waals surface area contributed by atoms with Gasteiger partial charge in [0.05, 0.1) is 12.9 Å². The number of carbonyl (C=O) groups is 2. The molecule has 2 rings (SSSR count). The highest BCUT2D eigenvalue weighted by atomic mass is 35.5. The van der Waals surface area contributed by atoms with Gasteiger partial charge in [0.1, 0.15) is 17.6 Å². The maximum atomic E-state index is 13.9. The van der Waals surface area contributed by atoms with Crippen LogP contribution in [0.1, 0.15) is 18.1 Å². The number of thioether (sulfide) groups is 1. The van der Waals surface area contributed by atoms with Crippen molar-refractivity contribution in [1.82, 2.24) is 10.2 Å². The number of benzene rings is 2. The highest BCUT2D eigenvalue weighted by Crippen LogP contribution is 2.24. The average molecular weight is 439 g/mol. The number of amides is 2. The molecule has 1 N–H and O–H groups in total. The van der Waals surface area contributed by atoms with Crippen molar-refractivity contribution in [2.75, 3.05) is 19.9 Å². The van der Waals surface area contributed by atoms with Crippen molar-refractivity contribution >= 4 is 35.2 Å². The molecule has 0 heterocycles. The maximum Gasteiger partial charge on any atom is 0.242 e. The van der Waals surface area contributed by atoms with E-state index < -0.39 is 11.9 Å². The van der Waals surface area contributed by atoms with Gasteiger partial charge in [0.25, 0.3) is 0 Å². The zero-order valence-corrected chi connectivity index (χ0v) is 18.1.